The molecule has 7 aromatic carbocycles. The molecule has 3 aromatic heterocycles. The van der Waals surface area contributed by atoms with Crippen LogP contribution >= 0.6 is 0 Å². The van der Waals surface area contributed by atoms with E-state index in [2.05, 4.69) is 173 Å². The third kappa shape index (κ3) is 3.45. The van der Waals surface area contributed by atoms with Crippen LogP contribution in [0.3, 0.4) is 0 Å². The average molecular weight is 610 g/mol. The molecule has 3 nitrogen and oxygen atoms in total. The fourth-order valence-electron chi connectivity index (χ4n) is 8.12. The first kappa shape index (κ1) is 25.7. The van der Waals surface area contributed by atoms with Crippen molar-refractivity contribution >= 4 is 54.5 Å². The van der Waals surface area contributed by atoms with Crippen LogP contribution in [0.1, 0.15) is 0 Å². The van der Waals surface area contributed by atoms with Gasteiger partial charge in [0.2, 0.25) is 0 Å². The summed E-state index contributed by atoms with van der Waals surface area (Å²) in [4.78, 5) is 5.39. The molecule has 0 amide bonds. The SMILES string of the molecule is c1ccc(-n2c3ccccc3c3cc(-c4ccc5c6cccc7c6n(c5c4)-c4nc5ccccc5cc4-c4ccccc4-7)ccc32)cc1. The van der Waals surface area contributed by atoms with Crippen LogP contribution in [0.2, 0.25) is 0 Å². The van der Waals surface area contributed by atoms with E-state index in [-0.39, 0.29) is 0 Å². The Balaban J connectivity index is 1.21. The van der Waals surface area contributed by atoms with E-state index in [4.69, 9.17) is 4.98 Å². The van der Waals surface area contributed by atoms with Gasteiger partial charge in [0.1, 0.15) is 5.82 Å². The van der Waals surface area contributed by atoms with E-state index in [1.54, 1.807) is 0 Å². The Morgan fingerprint density at radius 2 is 1.04 bits per heavy atom. The van der Waals surface area contributed by atoms with Gasteiger partial charge in [-0.3, -0.25) is 4.57 Å². The first-order valence-electron chi connectivity index (χ1n) is 16.5. The van der Waals surface area contributed by atoms with Crippen molar-refractivity contribution < 1.29 is 0 Å². The summed E-state index contributed by atoms with van der Waals surface area (Å²) in [6.07, 6.45) is 0. The first-order chi connectivity index (χ1) is 23.8. The Hall–Kier alpha value is -6.45. The second kappa shape index (κ2) is 9.54. The molecule has 0 spiro atoms. The van der Waals surface area contributed by atoms with Gasteiger partial charge in [0.15, 0.2) is 0 Å². The summed E-state index contributed by atoms with van der Waals surface area (Å²) in [7, 11) is 0. The molecule has 0 saturated carbocycles. The van der Waals surface area contributed by atoms with Crippen LogP contribution in [0.5, 0.6) is 0 Å². The maximum atomic E-state index is 5.39. The van der Waals surface area contributed by atoms with Crippen LogP contribution in [0.25, 0.3) is 99.4 Å². The van der Waals surface area contributed by atoms with E-state index < -0.39 is 0 Å². The van der Waals surface area contributed by atoms with Crippen LogP contribution < -0.4 is 0 Å². The summed E-state index contributed by atoms with van der Waals surface area (Å²) >= 11 is 0. The Bertz CT molecular complexity index is 2940. The highest BCUT2D eigenvalue weighted by Gasteiger charge is 2.26. The number of rotatable bonds is 2. The summed E-state index contributed by atoms with van der Waals surface area (Å²) in [5.41, 5.74) is 14.2. The number of hydrogen-bond donors (Lipinski definition) is 0. The highest BCUT2D eigenvalue weighted by atomic mass is 15.1. The lowest BCUT2D eigenvalue weighted by Crippen LogP contribution is -2.00. The Morgan fingerprint density at radius 1 is 0.375 bits per heavy atom. The summed E-state index contributed by atoms with van der Waals surface area (Å²) in [6.45, 7) is 0. The molecule has 11 rings (SSSR count). The zero-order chi connectivity index (χ0) is 31.3. The van der Waals surface area contributed by atoms with Gasteiger partial charge in [-0.1, -0.05) is 115 Å². The van der Waals surface area contributed by atoms with E-state index >= 15 is 0 Å². The third-order valence-corrected chi connectivity index (χ3v) is 10.2. The van der Waals surface area contributed by atoms with Gasteiger partial charge in [-0.2, -0.15) is 0 Å². The summed E-state index contributed by atoms with van der Waals surface area (Å²) < 4.78 is 4.79. The number of nitrogens with zero attached hydrogens (tertiary/aromatic N) is 3. The molecule has 0 aliphatic carbocycles. The quantitative estimate of drug-likeness (QED) is 0.191. The van der Waals surface area contributed by atoms with Crippen LogP contribution in [0.4, 0.5) is 0 Å². The average Bonchev–Trinajstić information content (AvgIpc) is 3.63. The van der Waals surface area contributed by atoms with E-state index in [9.17, 15) is 0 Å². The van der Waals surface area contributed by atoms with Gasteiger partial charge in [0.25, 0.3) is 0 Å². The molecule has 0 atom stereocenters. The monoisotopic (exact) mass is 609 g/mol. The number of para-hydroxylation sites is 4. The molecule has 222 valence electrons. The highest BCUT2D eigenvalue weighted by molar-refractivity contribution is 6.17. The smallest absolute Gasteiger partial charge is 0.146 e. The molecule has 48 heavy (non-hydrogen) atoms. The molecule has 0 N–H and O–H groups in total. The largest absolute Gasteiger partial charge is 0.309 e. The third-order valence-electron chi connectivity index (χ3n) is 10.2. The van der Waals surface area contributed by atoms with Gasteiger partial charge < -0.3 is 4.57 Å². The fraction of sp³-hybridized carbons (Fsp3) is 0. The molecule has 0 saturated heterocycles. The number of aromatic nitrogens is 3. The van der Waals surface area contributed by atoms with Crippen molar-refractivity contribution in [3.8, 4) is 44.9 Å². The van der Waals surface area contributed by atoms with Gasteiger partial charge in [0.05, 0.1) is 27.6 Å². The highest BCUT2D eigenvalue weighted by Crippen LogP contribution is 2.47. The zero-order valence-corrected chi connectivity index (χ0v) is 25.9. The normalized spacial score (nSPS) is 12.2. The molecule has 0 radical (unpaired) electrons. The molecule has 0 unspecified atom stereocenters. The second-order valence-corrected chi connectivity index (χ2v) is 12.8. The number of fused-ring (bicyclic) bond motifs is 12. The minimum Gasteiger partial charge on any atom is -0.309 e. The summed E-state index contributed by atoms with van der Waals surface area (Å²) in [6, 6.07) is 59.5. The van der Waals surface area contributed by atoms with Crippen molar-refractivity contribution in [1.29, 1.82) is 0 Å². The lowest BCUT2D eigenvalue weighted by Gasteiger charge is -2.13. The molecule has 0 fully saturated rings. The standard InChI is InChI=1S/C45H27N3/c1-2-12-31(13-3-1)47-41-20-9-7-16-34(41)38-25-28(22-24-42(38)47)29-21-23-35-37-18-10-17-36-32-14-5-6-15-33(32)39-26-30-11-4-8-19-40(30)46-45(39)48(44(36)37)43(35)27-29/h1-27H. The van der Waals surface area contributed by atoms with Gasteiger partial charge >= 0.3 is 0 Å². The molecule has 4 heterocycles. The summed E-state index contributed by atoms with van der Waals surface area (Å²) in [5, 5.41) is 6.13. The van der Waals surface area contributed by atoms with Crippen LogP contribution in [-0.2, 0) is 0 Å². The van der Waals surface area contributed by atoms with Gasteiger partial charge in [-0.05, 0) is 70.8 Å². The number of pyridine rings is 1. The molecular weight excluding hydrogens is 583 g/mol. The van der Waals surface area contributed by atoms with Gasteiger partial charge in [-0.15, -0.1) is 0 Å². The Morgan fingerprint density at radius 3 is 1.96 bits per heavy atom. The minimum absolute atomic E-state index is 0.977. The first-order valence-corrected chi connectivity index (χ1v) is 16.5. The molecular formula is C45H27N3. The van der Waals surface area contributed by atoms with E-state index in [1.807, 2.05) is 0 Å². The number of hydrogen-bond acceptors (Lipinski definition) is 1. The van der Waals surface area contributed by atoms with Crippen molar-refractivity contribution in [3.63, 3.8) is 0 Å². The van der Waals surface area contributed by atoms with Crippen molar-refractivity contribution in [2.45, 2.75) is 0 Å². The van der Waals surface area contributed by atoms with Crippen LogP contribution in [-0.4, -0.2) is 14.1 Å². The van der Waals surface area contributed by atoms with E-state index in [0.29, 0.717) is 0 Å². The van der Waals surface area contributed by atoms with Crippen molar-refractivity contribution in [3.05, 3.63) is 164 Å². The fourth-order valence-corrected chi connectivity index (χ4v) is 8.12. The molecule has 3 heteroatoms. The van der Waals surface area contributed by atoms with Gasteiger partial charge in [-0.25, -0.2) is 4.98 Å². The predicted molar refractivity (Wildman–Crippen MR) is 200 cm³/mol. The van der Waals surface area contributed by atoms with Crippen LogP contribution in [0, 0.1) is 0 Å². The maximum absolute atomic E-state index is 5.39. The van der Waals surface area contributed by atoms with E-state index in [1.165, 1.54) is 77.1 Å². The van der Waals surface area contributed by atoms with Crippen molar-refractivity contribution in [2.24, 2.45) is 0 Å². The van der Waals surface area contributed by atoms with Crippen molar-refractivity contribution in [1.82, 2.24) is 14.1 Å². The topological polar surface area (TPSA) is 22.8 Å². The van der Waals surface area contributed by atoms with E-state index in [0.717, 1.165) is 22.3 Å². The molecule has 10 aromatic rings. The van der Waals surface area contributed by atoms with Gasteiger partial charge in [0, 0.05) is 43.7 Å². The lowest BCUT2D eigenvalue weighted by molar-refractivity contribution is 1.11. The molecule has 1 aliphatic rings. The molecule has 1 aliphatic heterocycles. The second-order valence-electron chi connectivity index (χ2n) is 12.8. The van der Waals surface area contributed by atoms with Crippen molar-refractivity contribution in [2.75, 3.05) is 0 Å². The summed E-state index contributed by atoms with van der Waals surface area (Å²) in [5.74, 6) is 0.977. The predicted octanol–water partition coefficient (Wildman–Crippen LogP) is 11.7. The molecule has 0 bridgehead atoms. The number of benzene rings is 7. The van der Waals surface area contributed by atoms with Crippen LogP contribution in [0.15, 0.2) is 164 Å². The maximum Gasteiger partial charge on any atom is 0.146 e. The minimum atomic E-state index is 0.977. The zero-order valence-electron chi connectivity index (χ0n) is 25.9. The Labute approximate surface area is 276 Å². The lowest BCUT2D eigenvalue weighted by atomic mass is 9.94. The Kier molecular flexibility index (Phi) is 5.11.